The fourth-order valence-electron chi connectivity index (χ4n) is 5.18. The number of hydrogen-bond donors (Lipinski definition) is 6. The van der Waals surface area contributed by atoms with Gasteiger partial charge in [0.25, 0.3) is 0 Å². The van der Waals surface area contributed by atoms with Crippen LogP contribution in [0.3, 0.4) is 0 Å². The molecule has 0 aliphatic heterocycles. The zero-order valence-electron chi connectivity index (χ0n) is 33.7. The summed E-state index contributed by atoms with van der Waals surface area (Å²) in [5, 5.41) is 21.9. The number of carbonyl (C=O) groups excluding carboxylic acids is 4. The summed E-state index contributed by atoms with van der Waals surface area (Å²) in [5.74, 6) is 3.17. The molecule has 0 fully saturated rings. The van der Waals surface area contributed by atoms with Crippen molar-refractivity contribution in [3.05, 3.63) is 76.2 Å². The maximum absolute atomic E-state index is 13.7. The number of rotatable bonds is 35. The van der Waals surface area contributed by atoms with Gasteiger partial charge in [-0.05, 0) is 48.1 Å². The number of azide groups is 1. The highest BCUT2D eigenvalue weighted by atomic mass is 16.6. The Labute approximate surface area is 344 Å². The number of aliphatic hydroxyl groups is 1. The summed E-state index contributed by atoms with van der Waals surface area (Å²) in [4.78, 5) is 54.5. The van der Waals surface area contributed by atoms with E-state index in [0.29, 0.717) is 104 Å². The summed E-state index contributed by atoms with van der Waals surface area (Å²) in [6.07, 6.45) is 0.206. The number of nitrogens with one attached hydrogen (secondary N) is 4. The number of ether oxygens (including phenoxy) is 7. The van der Waals surface area contributed by atoms with Crippen molar-refractivity contribution in [2.75, 3.05) is 105 Å². The molecule has 0 saturated heterocycles. The molecule has 2 aromatic carbocycles. The Morgan fingerprint density at radius 2 is 1.29 bits per heavy atom. The molecule has 0 heterocycles. The number of nitrogens with two attached hydrogens (primary N) is 1. The minimum atomic E-state index is -1.47. The molecule has 0 saturated carbocycles. The number of anilines is 1. The maximum atomic E-state index is 13.7. The normalized spacial score (nSPS) is 12.5. The second kappa shape index (κ2) is 33.1. The first kappa shape index (κ1) is 50.4. The highest BCUT2D eigenvalue weighted by Gasteiger charge is 2.27. The van der Waals surface area contributed by atoms with Crippen molar-refractivity contribution in [1.29, 1.82) is 0 Å². The van der Waals surface area contributed by atoms with Gasteiger partial charge in [-0.1, -0.05) is 47.6 Å². The minimum absolute atomic E-state index is 0.00392. The van der Waals surface area contributed by atoms with E-state index in [0.717, 1.165) is 5.56 Å². The van der Waals surface area contributed by atoms with Gasteiger partial charge < -0.3 is 54.2 Å². The molecule has 2 rings (SSSR count). The minimum Gasteiger partial charge on any atom is -0.467 e. The Kier molecular flexibility index (Phi) is 28.3. The van der Waals surface area contributed by atoms with Crippen molar-refractivity contribution >= 4 is 29.4 Å². The van der Waals surface area contributed by atoms with E-state index in [1.54, 1.807) is 0 Å². The average molecular weight is 833 g/mol. The summed E-state index contributed by atoms with van der Waals surface area (Å²) in [6, 6.07) is 13.3. The number of benzene rings is 2. The molecule has 0 spiro atoms. The third kappa shape index (κ3) is 24.1. The summed E-state index contributed by atoms with van der Waals surface area (Å²) < 4.78 is 37.2. The highest BCUT2D eigenvalue weighted by molar-refractivity contribution is 5.98. The SMILES string of the molecule is COC(=O)C(O)c1ccc(NC(=O)[C@H](CCCCNN)NC(=O)[C@H](Cc2ccccc2)NC(=O)CCOCCOCCOCCOCCOCCOCCN=[N+]=[N-])cc1. The van der Waals surface area contributed by atoms with E-state index >= 15 is 0 Å². The Morgan fingerprint density at radius 1 is 0.729 bits per heavy atom. The fraction of sp³-hybridized carbons (Fsp3) is 0.590. The van der Waals surface area contributed by atoms with E-state index in [2.05, 4.69) is 36.1 Å². The number of amides is 3. The Bertz CT molecular complexity index is 1500. The molecule has 0 aliphatic carbocycles. The number of hydrogen-bond acceptors (Lipinski definition) is 15. The van der Waals surface area contributed by atoms with Crippen molar-refractivity contribution in [1.82, 2.24) is 16.1 Å². The Balaban J connectivity index is 1.75. The first-order valence-corrected chi connectivity index (χ1v) is 19.5. The van der Waals surface area contributed by atoms with Crippen LogP contribution in [0.1, 0.15) is 42.9 Å². The topological polar surface area (TPSA) is 276 Å². The first-order chi connectivity index (χ1) is 28.8. The number of aliphatic hydroxyl groups excluding tert-OH is 1. The molecule has 7 N–H and O–H groups in total. The highest BCUT2D eigenvalue weighted by Crippen LogP contribution is 2.18. The summed E-state index contributed by atoms with van der Waals surface area (Å²) in [6.45, 7) is 5.08. The number of hydrazine groups is 1. The fourth-order valence-corrected chi connectivity index (χ4v) is 5.18. The molecule has 1 unspecified atom stereocenters. The van der Waals surface area contributed by atoms with E-state index in [1.165, 1.54) is 31.4 Å². The molecule has 0 aromatic heterocycles. The number of nitrogens with zero attached hydrogens (tertiary/aromatic N) is 3. The van der Waals surface area contributed by atoms with Crippen molar-refractivity contribution in [3.63, 3.8) is 0 Å². The second-order valence-electron chi connectivity index (χ2n) is 12.7. The lowest BCUT2D eigenvalue weighted by Gasteiger charge is -2.23. The van der Waals surface area contributed by atoms with Crippen LogP contribution in [0.5, 0.6) is 0 Å². The van der Waals surface area contributed by atoms with Crippen LogP contribution in [0.2, 0.25) is 0 Å². The van der Waals surface area contributed by atoms with Gasteiger partial charge in [-0.25, -0.2) is 4.79 Å². The van der Waals surface area contributed by atoms with Gasteiger partial charge in [0.2, 0.25) is 17.7 Å². The number of unbranched alkanes of at least 4 members (excludes halogenated alkanes) is 1. The quantitative estimate of drug-likeness (QED) is 0.0109. The van der Waals surface area contributed by atoms with Crippen LogP contribution in [0, 0.1) is 0 Å². The van der Waals surface area contributed by atoms with Gasteiger partial charge in [0, 0.05) is 36.5 Å². The van der Waals surface area contributed by atoms with Gasteiger partial charge in [-0.15, -0.1) is 0 Å². The molecule has 0 radical (unpaired) electrons. The van der Waals surface area contributed by atoms with Crippen LogP contribution < -0.4 is 27.2 Å². The van der Waals surface area contributed by atoms with Crippen LogP contribution >= 0.6 is 0 Å². The molecule has 3 atom stereocenters. The van der Waals surface area contributed by atoms with Crippen LogP contribution in [0.25, 0.3) is 10.4 Å². The lowest BCUT2D eigenvalue weighted by atomic mass is 10.0. The molecule has 2 aromatic rings. The lowest BCUT2D eigenvalue weighted by molar-refractivity contribution is -0.150. The van der Waals surface area contributed by atoms with E-state index in [4.69, 9.17) is 39.8 Å². The first-order valence-electron chi connectivity index (χ1n) is 19.5. The van der Waals surface area contributed by atoms with Gasteiger partial charge in [0.15, 0.2) is 6.10 Å². The Hall–Kier alpha value is -4.73. The van der Waals surface area contributed by atoms with Gasteiger partial charge >= 0.3 is 5.97 Å². The summed E-state index contributed by atoms with van der Waals surface area (Å²) in [7, 11) is 1.17. The number of methoxy groups -OCH3 is 1. The molecular weight excluding hydrogens is 772 g/mol. The second-order valence-corrected chi connectivity index (χ2v) is 12.7. The molecule has 20 heteroatoms. The van der Waals surface area contributed by atoms with Crippen molar-refractivity contribution in [3.8, 4) is 0 Å². The lowest BCUT2D eigenvalue weighted by Crippen LogP contribution is -2.53. The molecule has 0 aliphatic rings. The predicted molar refractivity (Wildman–Crippen MR) is 216 cm³/mol. The van der Waals surface area contributed by atoms with Crippen LogP contribution in [0.15, 0.2) is 59.7 Å². The van der Waals surface area contributed by atoms with E-state index < -0.39 is 41.9 Å². The standard InChI is InChI=1S/C39H60N8O12/c1-53-39(52)36(49)31-10-12-32(13-11-31)44-37(50)33(9-5-6-15-42-40)46-38(51)34(29-30-7-3-2-4-8-30)45-35(48)14-17-54-19-21-56-23-25-58-27-28-59-26-24-57-22-20-55-18-16-43-47-41/h2-4,7-8,10-13,33-34,36,42,49H,5-6,9,14-29,40H2,1H3,(H,44,50)(H,45,48)(H,46,51)/t33-,34-,36?/m0/s1. The maximum Gasteiger partial charge on any atom is 0.339 e. The molecule has 20 nitrogen and oxygen atoms in total. The monoisotopic (exact) mass is 832 g/mol. The molecule has 0 bridgehead atoms. The van der Waals surface area contributed by atoms with E-state index in [1.807, 2.05) is 30.3 Å². The predicted octanol–water partition coefficient (Wildman–Crippen LogP) is 1.48. The average Bonchev–Trinajstić information content (AvgIpc) is 3.25. The van der Waals surface area contributed by atoms with Crippen molar-refractivity contribution in [2.24, 2.45) is 11.0 Å². The van der Waals surface area contributed by atoms with E-state index in [9.17, 15) is 24.3 Å². The number of carbonyl (C=O) groups is 4. The largest absolute Gasteiger partial charge is 0.467 e. The van der Waals surface area contributed by atoms with Crippen molar-refractivity contribution in [2.45, 2.75) is 50.3 Å². The zero-order valence-corrected chi connectivity index (χ0v) is 33.7. The van der Waals surface area contributed by atoms with Crippen LogP contribution in [-0.2, 0) is 58.8 Å². The van der Waals surface area contributed by atoms with Crippen molar-refractivity contribution < 1.29 is 57.4 Å². The zero-order chi connectivity index (χ0) is 42.8. The Morgan fingerprint density at radius 3 is 1.83 bits per heavy atom. The molecule has 3 amide bonds. The summed E-state index contributed by atoms with van der Waals surface area (Å²) >= 11 is 0. The van der Waals surface area contributed by atoms with Crippen LogP contribution in [0.4, 0.5) is 5.69 Å². The molecular formula is C39H60N8O12. The van der Waals surface area contributed by atoms with E-state index in [-0.39, 0.29) is 31.6 Å². The van der Waals surface area contributed by atoms with Gasteiger partial charge in [-0.3, -0.25) is 25.7 Å². The smallest absolute Gasteiger partial charge is 0.339 e. The third-order valence-corrected chi connectivity index (χ3v) is 8.28. The van der Waals surface area contributed by atoms with Crippen LogP contribution in [-0.4, -0.2) is 140 Å². The van der Waals surface area contributed by atoms with Gasteiger partial charge in [0.1, 0.15) is 12.1 Å². The molecule has 59 heavy (non-hydrogen) atoms. The third-order valence-electron chi connectivity index (χ3n) is 8.28. The van der Waals surface area contributed by atoms with Gasteiger partial charge in [-0.2, -0.15) is 0 Å². The molecule has 328 valence electrons. The summed E-state index contributed by atoms with van der Waals surface area (Å²) in [5.41, 5.74) is 12.2. The van der Waals surface area contributed by atoms with Gasteiger partial charge in [0.05, 0.1) is 86.4 Å². The number of esters is 1.